The lowest BCUT2D eigenvalue weighted by Crippen LogP contribution is -2.40. The zero-order valence-electron chi connectivity index (χ0n) is 11.7. The molecule has 1 fully saturated rings. The van der Waals surface area contributed by atoms with Gasteiger partial charge < -0.3 is 10.4 Å². The van der Waals surface area contributed by atoms with Crippen molar-refractivity contribution in [3.8, 4) is 0 Å². The molecule has 0 unspecified atom stereocenters. The Morgan fingerprint density at radius 1 is 1.50 bits per heavy atom. The maximum Gasteiger partial charge on any atom is 0.234 e. The number of aliphatic hydroxyl groups is 1. The largest absolute Gasteiger partial charge is 0.387 e. The number of rotatable bonds is 5. The van der Waals surface area contributed by atoms with Crippen LogP contribution in [-0.2, 0) is 4.79 Å². The highest BCUT2D eigenvalue weighted by Gasteiger charge is 2.22. The van der Waals surface area contributed by atoms with E-state index in [2.05, 4.69) is 17.1 Å². The van der Waals surface area contributed by atoms with Crippen molar-refractivity contribution in [3.63, 3.8) is 0 Å². The minimum Gasteiger partial charge on any atom is -0.387 e. The summed E-state index contributed by atoms with van der Waals surface area (Å²) in [5.41, 5.74) is 0.754. The van der Waals surface area contributed by atoms with Gasteiger partial charge in [-0.25, -0.2) is 0 Å². The van der Waals surface area contributed by atoms with Crippen LogP contribution in [0.1, 0.15) is 31.4 Å². The number of aliphatic hydroxyl groups excluding tert-OH is 1. The van der Waals surface area contributed by atoms with Crippen molar-refractivity contribution in [2.24, 2.45) is 0 Å². The molecule has 5 heteroatoms. The van der Waals surface area contributed by atoms with Crippen LogP contribution in [0.15, 0.2) is 24.3 Å². The summed E-state index contributed by atoms with van der Waals surface area (Å²) in [6.45, 7) is 3.76. The van der Waals surface area contributed by atoms with E-state index in [9.17, 15) is 9.90 Å². The van der Waals surface area contributed by atoms with Gasteiger partial charge in [-0.2, -0.15) is 0 Å². The van der Waals surface area contributed by atoms with E-state index in [1.807, 2.05) is 0 Å². The molecule has 2 rings (SSSR count). The molecule has 1 aromatic rings. The molecule has 0 spiro atoms. The van der Waals surface area contributed by atoms with Gasteiger partial charge >= 0.3 is 0 Å². The molecule has 2 N–H and O–H groups in total. The van der Waals surface area contributed by atoms with E-state index in [0.717, 1.165) is 24.9 Å². The average molecular weight is 297 g/mol. The van der Waals surface area contributed by atoms with E-state index in [1.165, 1.54) is 0 Å². The van der Waals surface area contributed by atoms with Crippen LogP contribution in [0.3, 0.4) is 0 Å². The summed E-state index contributed by atoms with van der Waals surface area (Å²) in [6.07, 6.45) is 1.61. The molecule has 1 saturated heterocycles. The molecule has 1 amide bonds. The number of nitrogens with zero attached hydrogens (tertiary/aromatic N) is 1. The van der Waals surface area contributed by atoms with E-state index in [-0.39, 0.29) is 12.5 Å². The molecule has 0 aromatic heterocycles. The lowest BCUT2D eigenvalue weighted by molar-refractivity contribution is -0.122. The molecular weight excluding hydrogens is 276 g/mol. The molecule has 0 aliphatic carbocycles. The molecule has 0 bridgehead atoms. The first-order valence-corrected chi connectivity index (χ1v) is 7.38. The topological polar surface area (TPSA) is 52.6 Å². The molecular formula is C15H21ClN2O2. The summed E-state index contributed by atoms with van der Waals surface area (Å²) in [4.78, 5) is 14.0. The van der Waals surface area contributed by atoms with Crippen LogP contribution >= 0.6 is 11.6 Å². The van der Waals surface area contributed by atoms with Crippen LogP contribution in [0, 0.1) is 0 Å². The van der Waals surface area contributed by atoms with Crippen LogP contribution < -0.4 is 5.32 Å². The quantitative estimate of drug-likeness (QED) is 0.873. The fourth-order valence-corrected chi connectivity index (χ4v) is 2.61. The van der Waals surface area contributed by atoms with Crippen molar-refractivity contribution in [1.82, 2.24) is 10.2 Å². The van der Waals surface area contributed by atoms with Crippen molar-refractivity contribution in [2.45, 2.75) is 31.9 Å². The number of nitrogens with one attached hydrogen (secondary N) is 1. The minimum absolute atomic E-state index is 0.0354. The van der Waals surface area contributed by atoms with Crippen LogP contribution in [0.4, 0.5) is 0 Å². The van der Waals surface area contributed by atoms with Gasteiger partial charge in [0.1, 0.15) is 0 Å². The fourth-order valence-electron chi connectivity index (χ4n) is 2.48. The molecule has 1 aliphatic heterocycles. The van der Waals surface area contributed by atoms with Gasteiger partial charge in [0.2, 0.25) is 5.91 Å². The first-order chi connectivity index (χ1) is 9.56. The smallest absolute Gasteiger partial charge is 0.234 e. The van der Waals surface area contributed by atoms with Gasteiger partial charge in [0.15, 0.2) is 0 Å². The third-order valence-corrected chi connectivity index (χ3v) is 4.04. The number of amides is 1. The number of carbonyl (C=O) groups excluding carboxylic acids is 1. The van der Waals surface area contributed by atoms with Gasteiger partial charge in [0, 0.05) is 17.6 Å². The minimum atomic E-state index is -0.702. The number of benzene rings is 1. The Morgan fingerprint density at radius 3 is 2.80 bits per heavy atom. The Bertz CT molecular complexity index is 450. The molecule has 1 aromatic carbocycles. The average Bonchev–Trinajstić information content (AvgIpc) is 2.82. The zero-order valence-corrected chi connectivity index (χ0v) is 12.4. The third kappa shape index (κ3) is 4.20. The summed E-state index contributed by atoms with van der Waals surface area (Å²) in [5.74, 6) is -0.0354. The Labute approximate surface area is 124 Å². The zero-order chi connectivity index (χ0) is 14.5. The molecule has 20 heavy (non-hydrogen) atoms. The Hall–Kier alpha value is -1.10. The van der Waals surface area contributed by atoms with E-state index in [4.69, 9.17) is 11.6 Å². The van der Waals surface area contributed by atoms with Gasteiger partial charge in [0.05, 0.1) is 12.6 Å². The van der Waals surface area contributed by atoms with E-state index < -0.39 is 6.10 Å². The summed E-state index contributed by atoms with van der Waals surface area (Å²) in [7, 11) is 0. The fraction of sp³-hybridized carbons (Fsp3) is 0.533. The standard InChI is InChI=1S/C15H21ClN2O2/c1-11-3-2-8-18(11)10-15(20)17-9-14(19)12-4-6-13(16)7-5-12/h4-7,11,14,19H,2-3,8-10H2,1H3,(H,17,20)/t11-,14+/m1/s1. The maximum atomic E-state index is 11.8. The number of hydrogen-bond acceptors (Lipinski definition) is 3. The second kappa shape index (κ2) is 7.07. The second-order valence-electron chi connectivity index (χ2n) is 5.33. The third-order valence-electron chi connectivity index (χ3n) is 3.78. The summed E-state index contributed by atoms with van der Waals surface area (Å²) >= 11 is 5.80. The summed E-state index contributed by atoms with van der Waals surface area (Å²) in [5, 5.41) is 13.4. The highest BCUT2D eigenvalue weighted by atomic mass is 35.5. The van der Waals surface area contributed by atoms with Gasteiger partial charge in [-0.05, 0) is 44.0 Å². The SMILES string of the molecule is C[C@@H]1CCCN1CC(=O)NC[C@H](O)c1ccc(Cl)cc1. The number of likely N-dealkylation sites (tertiary alicyclic amines) is 1. The molecule has 1 heterocycles. The molecule has 1 aliphatic rings. The number of carbonyl (C=O) groups is 1. The Kier molecular flexibility index (Phi) is 5.40. The van der Waals surface area contributed by atoms with Gasteiger partial charge in [-0.1, -0.05) is 23.7 Å². The Balaban J connectivity index is 1.76. The van der Waals surface area contributed by atoms with E-state index in [1.54, 1.807) is 24.3 Å². The molecule has 2 atom stereocenters. The monoisotopic (exact) mass is 296 g/mol. The first kappa shape index (κ1) is 15.3. The molecule has 0 radical (unpaired) electrons. The molecule has 0 saturated carbocycles. The van der Waals surface area contributed by atoms with Crippen LogP contribution in [-0.4, -0.2) is 41.6 Å². The van der Waals surface area contributed by atoms with E-state index >= 15 is 0 Å². The van der Waals surface area contributed by atoms with Crippen molar-refractivity contribution in [1.29, 1.82) is 0 Å². The second-order valence-corrected chi connectivity index (χ2v) is 5.77. The highest BCUT2D eigenvalue weighted by molar-refractivity contribution is 6.30. The van der Waals surface area contributed by atoms with E-state index in [0.29, 0.717) is 17.6 Å². The lowest BCUT2D eigenvalue weighted by Gasteiger charge is -2.20. The predicted octanol–water partition coefficient (Wildman–Crippen LogP) is 1.97. The first-order valence-electron chi connectivity index (χ1n) is 7.00. The van der Waals surface area contributed by atoms with Gasteiger partial charge in [0.25, 0.3) is 0 Å². The van der Waals surface area contributed by atoms with Crippen LogP contribution in [0.2, 0.25) is 5.02 Å². The lowest BCUT2D eigenvalue weighted by atomic mass is 10.1. The molecule has 110 valence electrons. The van der Waals surface area contributed by atoms with Crippen LogP contribution in [0.25, 0.3) is 0 Å². The van der Waals surface area contributed by atoms with Crippen molar-refractivity contribution >= 4 is 17.5 Å². The predicted molar refractivity (Wildman–Crippen MR) is 79.7 cm³/mol. The maximum absolute atomic E-state index is 11.8. The number of halogens is 1. The highest BCUT2D eigenvalue weighted by Crippen LogP contribution is 2.17. The molecule has 4 nitrogen and oxygen atoms in total. The van der Waals surface area contributed by atoms with Crippen molar-refractivity contribution in [3.05, 3.63) is 34.9 Å². The number of hydrogen-bond donors (Lipinski definition) is 2. The van der Waals surface area contributed by atoms with Crippen LogP contribution in [0.5, 0.6) is 0 Å². The summed E-state index contributed by atoms with van der Waals surface area (Å²) < 4.78 is 0. The van der Waals surface area contributed by atoms with Gasteiger partial charge in [-0.15, -0.1) is 0 Å². The van der Waals surface area contributed by atoms with Crippen molar-refractivity contribution < 1.29 is 9.90 Å². The Morgan fingerprint density at radius 2 is 2.20 bits per heavy atom. The van der Waals surface area contributed by atoms with Crippen molar-refractivity contribution in [2.75, 3.05) is 19.6 Å². The van der Waals surface area contributed by atoms with Gasteiger partial charge in [-0.3, -0.25) is 9.69 Å². The normalized spacial score (nSPS) is 20.9. The summed E-state index contributed by atoms with van der Waals surface area (Å²) in [6, 6.07) is 7.47.